The summed E-state index contributed by atoms with van der Waals surface area (Å²) in [4.78, 5) is 38.6. The van der Waals surface area contributed by atoms with Gasteiger partial charge in [0, 0.05) is 24.2 Å². The maximum absolute atomic E-state index is 13.8. The molecule has 2 aliphatic carbocycles. The first-order valence-electron chi connectivity index (χ1n) is 11.7. The van der Waals surface area contributed by atoms with E-state index in [0.29, 0.717) is 17.9 Å². The number of hydrogen-bond acceptors (Lipinski definition) is 9. The number of ketones is 1. The summed E-state index contributed by atoms with van der Waals surface area (Å²) in [6, 6.07) is 0. The van der Waals surface area contributed by atoms with E-state index in [9.17, 15) is 29.7 Å². The second-order valence-corrected chi connectivity index (χ2v) is 11.3. The lowest BCUT2D eigenvalue weighted by atomic mass is 9.40. The van der Waals surface area contributed by atoms with Crippen LogP contribution in [0.3, 0.4) is 0 Å². The van der Waals surface area contributed by atoms with E-state index in [4.69, 9.17) is 15.3 Å². The largest absolute Gasteiger partial charge is 0.439 e. The number of fused-ring (bicyclic) bond motifs is 3. The Hall–Kier alpha value is -1.85. The van der Waals surface area contributed by atoms with Crippen LogP contribution in [0.2, 0.25) is 0 Å². The Morgan fingerprint density at radius 3 is 2.38 bits per heavy atom. The summed E-state index contributed by atoms with van der Waals surface area (Å²) in [6.07, 6.45) is -3.55. The van der Waals surface area contributed by atoms with Crippen molar-refractivity contribution >= 4 is 17.8 Å². The van der Waals surface area contributed by atoms with Gasteiger partial charge in [0.15, 0.2) is 17.5 Å². The van der Waals surface area contributed by atoms with Gasteiger partial charge in [-0.3, -0.25) is 9.59 Å². The molecule has 0 aromatic rings. The fourth-order valence-electron chi connectivity index (χ4n) is 6.92. The number of Topliss-reactive ketones (excluding diaryl/α,β-unsaturated/α-hetero) is 1. The monoisotopic (exact) mass is 482 g/mol. The number of aliphatic hydroxyl groups excluding tert-OH is 2. The summed E-state index contributed by atoms with van der Waals surface area (Å²) in [7, 11) is 0. The van der Waals surface area contributed by atoms with Crippen molar-refractivity contribution in [3.05, 3.63) is 12.7 Å². The number of ether oxygens (including phenoxy) is 2. The minimum atomic E-state index is -2.34. The van der Waals surface area contributed by atoms with Gasteiger partial charge in [-0.1, -0.05) is 33.8 Å². The van der Waals surface area contributed by atoms with E-state index in [1.807, 2.05) is 13.8 Å². The summed E-state index contributed by atoms with van der Waals surface area (Å²) in [5, 5.41) is 35.5. The molecule has 2 amide bonds. The highest BCUT2D eigenvalue weighted by Gasteiger charge is 2.81. The van der Waals surface area contributed by atoms with E-state index in [1.165, 1.54) is 19.9 Å². The van der Waals surface area contributed by atoms with Crippen LogP contribution in [0.4, 0.5) is 4.79 Å². The van der Waals surface area contributed by atoms with Gasteiger partial charge in [-0.05, 0) is 32.1 Å². The zero-order valence-electron chi connectivity index (χ0n) is 20.8. The third kappa shape index (κ3) is 3.30. The summed E-state index contributed by atoms with van der Waals surface area (Å²) in [5.74, 6) is 3.42. The van der Waals surface area contributed by atoms with Crippen LogP contribution in [-0.2, 0) is 19.1 Å². The zero-order valence-corrected chi connectivity index (χ0v) is 20.8. The summed E-state index contributed by atoms with van der Waals surface area (Å²) in [5.41, 5.74) is -7.79. The topological polar surface area (TPSA) is 160 Å². The molecule has 0 unspecified atom stereocenters. The Morgan fingerprint density at radius 2 is 1.85 bits per heavy atom. The Labute approximate surface area is 200 Å². The van der Waals surface area contributed by atoms with E-state index in [2.05, 4.69) is 6.58 Å². The van der Waals surface area contributed by atoms with Gasteiger partial charge >= 0.3 is 6.09 Å². The first-order chi connectivity index (χ1) is 15.5. The number of amides is 2. The van der Waals surface area contributed by atoms with E-state index >= 15 is 0 Å². The number of hydrazine groups is 1. The molecule has 1 aliphatic heterocycles. The predicted octanol–water partition coefficient (Wildman–Crippen LogP) is 1.21. The number of nitrogens with zero attached hydrogens (tertiary/aromatic N) is 1. The molecule has 34 heavy (non-hydrogen) atoms. The van der Waals surface area contributed by atoms with Crippen molar-refractivity contribution in [1.29, 1.82) is 0 Å². The smallest absolute Gasteiger partial charge is 0.431 e. The molecule has 0 radical (unpaired) electrons. The van der Waals surface area contributed by atoms with Crippen LogP contribution in [0, 0.1) is 16.7 Å². The van der Waals surface area contributed by atoms with E-state index in [-0.39, 0.29) is 12.8 Å². The number of hydrogen-bond donors (Lipinski definition) is 4. The van der Waals surface area contributed by atoms with Crippen molar-refractivity contribution in [3.63, 3.8) is 0 Å². The highest BCUT2D eigenvalue weighted by molar-refractivity contribution is 5.93. The van der Waals surface area contributed by atoms with Gasteiger partial charge in [0.05, 0.1) is 17.8 Å². The van der Waals surface area contributed by atoms with Crippen LogP contribution in [0.5, 0.6) is 0 Å². The molecule has 0 aromatic heterocycles. The lowest BCUT2D eigenvalue weighted by Gasteiger charge is -2.71. The molecule has 3 rings (SSSR count). The second kappa shape index (κ2) is 8.09. The highest BCUT2D eigenvalue weighted by atomic mass is 16.6. The summed E-state index contributed by atoms with van der Waals surface area (Å²) >= 11 is 0. The van der Waals surface area contributed by atoms with Gasteiger partial charge in [-0.25, -0.2) is 10.6 Å². The van der Waals surface area contributed by atoms with Crippen molar-refractivity contribution in [1.82, 2.24) is 5.01 Å². The average molecular weight is 483 g/mol. The van der Waals surface area contributed by atoms with Gasteiger partial charge in [0.2, 0.25) is 5.91 Å². The van der Waals surface area contributed by atoms with Gasteiger partial charge in [-0.15, -0.1) is 6.58 Å². The van der Waals surface area contributed by atoms with Crippen LogP contribution in [0.25, 0.3) is 0 Å². The first kappa shape index (κ1) is 26.7. The van der Waals surface area contributed by atoms with Gasteiger partial charge < -0.3 is 24.8 Å². The zero-order chi connectivity index (χ0) is 26.1. The predicted molar refractivity (Wildman–Crippen MR) is 121 cm³/mol. The average Bonchev–Trinajstić information content (AvgIpc) is 2.75. The van der Waals surface area contributed by atoms with Crippen LogP contribution >= 0.6 is 0 Å². The maximum atomic E-state index is 13.8. The van der Waals surface area contributed by atoms with Crippen LogP contribution in [0.1, 0.15) is 67.2 Å². The molecule has 3 aliphatic rings. The standard InChI is InChI=1S/C24H38N2O8/c1-8-15(29)26(25)19(31)33-18-16(30)17-20(3,4)11-10-13(27)22(17,6)24(32)14(28)12-21(5,9-2)34-23(18,24)7/h9,13,16-18,27,30,32H,2,8,10-12,25H2,1,3-7H3/t13-,16-,17-,18-,21-,22-,23+,24-/m0/s1. The molecule has 2 saturated carbocycles. The molecule has 192 valence electrons. The maximum Gasteiger partial charge on any atom is 0.431 e. The lowest BCUT2D eigenvalue weighted by molar-refractivity contribution is -0.369. The quantitative estimate of drug-likeness (QED) is 0.201. The van der Waals surface area contributed by atoms with E-state index in [1.54, 1.807) is 13.8 Å². The molecule has 0 bridgehead atoms. The molecule has 1 saturated heterocycles. The van der Waals surface area contributed by atoms with Gasteiger partial charge in [0.1, 0.15) is 5.60 Å². The van der Waals surface area contributed by atoms with Crippen LogP contribution in [-0.4, -0.2) is 73.2 Å². The Kier molecular flexibility index (Phi) is 6.37. The second-order valence-electron chi connectivity index (χ2n) is 11.3. The molecule has 0 spiro atoms. The Morgan fingerprint density at radius 1 is 1.26 bits per heavy atom. The van der Waals surface area contributed by atoms with Crippen molar-refractivity contribution in [3.8, 4) is 0 Å². The van der Waals surface area contributed by atoms with Gasteiger partial charge in [0.25, 0.3) is 0 Å². The fraction of sp³-hybridized carbons (Fsp3) is 0.792. The third-order valence-corrected chi connectivity index (χ3v) is 8.72. The highest BCUT2D eigenvalue weighted by Crippen LogP contribution is 2.67. The molecule has 10 nitrogen and oxygen atoms in total. The van der Waals surface area contributed by atoms with E-state index in [0.717, 1.165) is 0 Å². The third-order valence-electron chi connectivity index (χ3n) is 8.72. The van der Waals surface area contributed by atoms with Crippen LogP contribution in [0.15, 0.2) is 12.7 Å². The normalized spacial score (nSPS) is 45.5. The molecule has 0 aromatic carbocycles. The number of rotatable bonds is 3. The lowest BCUT2D eigenvalue weighted by Crippen LogP contribution is -2.86. The Bertz CT molecular complexity index is 907. The van der Waals surface area contributed by atoms with E-state index < -0.39 is 69.6 Å². The van der Waals surface area contributed by atoms with Crippen LogP contribution < -0.4 is 5.84 Å². The molecule has 5 N–H and O–H groups in total. The van der Waals surface area contributed by atoms with Crippen molar-refractivity contribution in [2.24, 2.45) is 22.6 Å². The molecule has 3 fully saturated rings. The van der Waals surface area contributed by atoms with Gasteiger partial charge in [-0.2, -0.15) is 5.01 Å². The minimum Gasteiger partial charge on any atom is -0.439 e. The van der Waals surface area contributed by atoms with Crippen molar-refractivity contribution < 1.29 is 39.2 Å². The number of nitrogens with two attached hydrogens (primary N) is 1. The number of carbonyl (C=O) groups excluding carboxylic acids is 3. The number of carbonyl (C=O) groups is 3. The SMILES string of the molecule is C=C[C@@]1(C)CC(=O)[C@]2(O)[C@@]3(C)[C@@H](O)CCC(C)(C)[C@@H]3[C@H](O)[C@H](OC(=O)N(N)C(=O)CC)[C@@]2(C)O1. The molecule has 8 atom stereocenters. The van der Waals surface area contributed by atoms with Crippen molar-refractivity contribution in [2.45, 2.75) is 102 Å². The fourth-order valence-corrected chi connectivity index (χ4v) is 6.92. The first-order valence-corrected chi connectivity index (χ1v) is 11.7. The minimum absolute atomic E-state index is 0.0660. The molecular formula is C24H38N2O8. The molecule has 10 heteroatoms. The summed E-state index contributed by atoms with van der Waals surface area (Å²) in [6.45, 7) is 13.5. The Balaban J connectivity index is 2.25. The number of imide groups is 1. The number of aliphatic hydroxyl groups is 3. The van der Waals surface area contributed by atoms with Crippen molar-refractivity contribution in [2.75, 3.05) is 0 Å². The summed E-state index contributed by atoms with van der Waals surface area (Å²) < 4.78 is 11.9. The molecular weight excluding hydrogens is 444 g/mol. The molecule has 1 heterocycles.